The van der Waals surface area contributed by atoms with Crippen LogP contribution in [0.2, 0.25) is 0 Å². The number of benzene rings is 1. The normalized spacial score (nSPS) is 9.83. The van der Waals surface area contributed by atoms with E-state index < -0.39 is 0 Å². The summed E-state index contributed by atoms with van der Waals surface area (Å²) in [5, 5.41) is 10.5. The molecular weight excluding hydrogens is 248 g/mol. The topological polar surface area (TPSA) is 66.1 Å². The fraction of sp³-hybridized carbons (Fsp3) is 0.167. The first kappa shape index (κ1) is 12.4. The van der Waals surface area contributed by atoms with Crippen LogP contribution >= 0.6 is 11.3 Å². The lowest BCUT2D eigenvalue weighted by Gasteiger charge is -2.07. The quantitative estimate of drug-likeness (QED) is 0.793. The average Bonchev–Trinajstić information content (AvgIpc) is 2.91. The lowest BCUT2D eigenvalue weighted by Crippen LogP contribution is -2.24. The summed E-state index contributed by atoms with van der Waals surface area (Å²) >= 11 is 1.58. The molecule has 0 aliphatic rings. The number of rotatable bonds is 4. The third-order valence-corrected chi connectivity index (χ3v) is 2.96. The number of hydrogen-bond donors (Lipinski definition) is 3. The van der Waals surface area contributed by atoms with Crippen molar-refractivity contribution in [3.63, 3.8) is 0 Å². The van der Waals surface area contributed by atoms with Gasteiger partial charge in [-0.1, -0.05) is 0 Å². The summed E-state index contributed by atoms with van der Waals surface area (Å²) in [4.78, 5) is 15.3. The van der Waals surface area contributed by atoms with Crippen LogP contribution in [-0.2, 0) is 6.54 Å². The third kappa shape index (κ3) is 3.46. The first-order valence-corrected chi connectivity index (χ1v) is 6.42. The lowest BCUT2D eigenvalue weighted by atomic mass is 10.2. The first-order chi connectivity index (χ1) is 8.78. The van der Waals surface area contributed by atoms with E-state index in [4.69, 9.17) is 0 Å². The van der Waals surface area contributed by atoms with E-state index in [2.05, 4.69) is 20.9 Å². The molecule has 1 aromatic carbocycles. The molecule has 0 saturated carbocycles. The second kappa shape index (κ2) is 6.02. The summed E-state index contributed by atoms with van der Waals surface area (Å²) in [6.07, 6.45) is 0. The summed E-state index contributed by atoms with van der Waals surface area (Å²) in [5.74, 6) is 0. The number of hydrogen-bond acceptors (Lipinski definition) is 4. The zero-order chi connectivity index (χ0) is 12.8. The van der Waals surface area contributed by atoms with Gasteiger partial charge in [-0.3, -0.25) is 0 Å². The summed E-state index contributed by atoms with van der Waals surface area (Å²) in [5.41, 5.74) is 4.58. The molecule has 0 aliphatic carbocycles. The SMILES string of the molecule is CNC(=O)Nc1ccc(NCc2cscn2)cc1. The Morgan fingerprint density at radius 2 is 2.00 bits per heavy atom. The van der Waals surface area contributed by atoms with Gasteiger partial charge in [-0.15, -0.1) is 11.3 Å². The molecule has 1 aromatic heterocycles. The molecule has 94 valence electrons. The highest BCUT2D eigenvalue weighted by Crippen LogP contribution is 2.14. The minimum atomic E-state index is -0.224. The Labute approximate surface area is 109 Å². The Balaban J connectivity index is 1.89. The van der Waals surface area contributed by atoms with E-state index >= 15 is 0 Å². The number of nitrogens with one attached hydrogen (secondary N) is 3. The molecule has 0 spiro atoms. The van der Waals surface area contributed by atoms with Crippen molar-refractivity contribution >= 4 is 28.7 Å². The molecule has 0 fully saturated rings. The van der Waals surface area contributed by atoms with Crippen molar-refractivity contribution in [2.45, 2.75) is 6.54 Å². The largest absolute Gasteiger partial charge is 0.379 e. The van der Waals surface area contributed by atoms with Gasteiger partial charge < -0.3 is 16.0 Å². The van der Waals surface area contributed by atoms with E-state index in [-0.39, 0.29) is 6.03 Å². The second-order valence-electron chi connectivity index (χ2n) is 3.61. The monoisotopic (exact) mass is 262 g/mol. The van der Waals surface area contributed by atoms with Gasteiger partial charge in [0.2, 0.25) is 0 Å². The lowest BCUT2D eigenvalue weighted by molar-refractivity contribution is 0.254. The fourth-order valence-corrected chi connectivity index (χ4v) is 1.94. The molecule has 6 heteroatoms. The van der Waals surface area contributed by atoms with Gasteiger partial charge in [0.05, 0.1) is 17.7 Å². The number of nitrogens with zero attached hydrogens (tertiary/aromatic N) is 1. The Morgan fingerprint density at radius 3 is 2.61 bits per heavy atom. The van der Waals surface area contributed by atoms with Gasteiger partial charge in [0.25, 0.3) is 0 Å². The summed E-state index contributed by atoms with van der Waals surface area (Å²) in [6.45, 7) is 0.700. The van der Waals surface area contributed by atoms with Crippen molar-refractivity contribution in [3.05, 3.63) is 40.8 Å². The average molecular weight is 262 g/mol. The van der Waals surface area contributed by atoms with Crippen molar-refractivity contribution in [1.82, 2.24) is 10.3 Å². The first-order valence-electron chi connectivity index (χ1n) is 5.47. The highest BCUT2D eigenvalue weighted by molar-refractivity contribution is 7.07. The van der Waals surface area contributed by atoms with Gasteiger partial charge in [0.15, 0.2) is 0 Å². The van der Waals surface area contributed by atoms with E-state index in [1.165, 1.54) is 0 Å². The fourth-order valence-electron chi connectivity index (χ4n) is 1.38. The standard InChI is InChI=1S/C12H14N4OS/c1-13-12(17)16-10-4-2-9(3-5-10)14-6-11-7-18-8-15-11/h2-5,7-8,14H,6H2,1H3,(H2,13,16,17). The van der Waals surface area contributed by atoms with Gasteiger partial charge in [0.1, 0.15) is 0 Å². The maximum Gasteiger partial charge on any atom is 0.318 e. The number of anilines is 2. The predicted octanol–water partition coefficient (Wildman–Crippen LogP) is 2.51. The van der Waals surface area contributed by atoms with Crippen LogP contribution in [0.4, 0.5) is 16.2 Å². The molecule has 0 bridgehead atoms. The predicted molar refractivity (Wildman–Crippen MR) is 74.0 cm³/mol. The highest BCUT2D eigenvalue weighted by atomic mass is 32.1. The van der Waals surface area contributed by atoms with Gasteiger partial charge in [-0.25, -0.2) is 9.78 Å². The van der Waals surface area contributed by atoms with Gasteiger partial charge >= 0.3 is 6.03 Å². The Hall–Kier alpha value is -2.08. The molecule has 3 N–H and O–H groups in total. The molecule has 0 atom stereocenters. The van der Waals surface area contributed by atoms with Crippen LogP contribution in [0.1, 0.15) is 5.69 Å². The van der Waals surface area contributed by atoms with Crippen LogP contribution in [0, 0.1) is 0 Å². The zero-order valence-electron chi connectivity index (χ0n) is 9.93. The van der Waals surface area contributed by atoms with Crippen LogP contribution in [0.5, 0.6) is 0 Å². The third-order valence-electron chi connectivity index (χ3n) is 2.33. The minimum absolute atomic E-state index is 0.224. The van der Waals surface area contributed by atoms with E-state index in [0.717, 1.165) is 17.1 Å². The van der Waals surface area contributed by atoms with E-state index in [1.54, 1.807) is 18.4 Å². The number of amides is 2. The molecule has 2 aromatic rings. The second-order valence-corrected chi connectivity index (χ2v) is 4.33. The van der Waals surface area contributed by atoms with Gasteiger partial charge in [0, 0.05) is 23.8 Å². The molecule has 0 aliphatic heterocycles. The van der Waals surface area contributed by atoms with E-state index in [9.17, 15) is 4.79 Å². The molecule has 5 nitrogen and oxygen atoms in total. The van der Waals surface area contributed by atoms with E-state index in [0.29, 0.717) is 6.54 Å². The molecule has 0 radical (unpaired) electrons. The van der Waals surface area contributed by atoms with E-state index in [1.807, 2.05) is 35.2 Å². The summed E-state index contributed by atoms with van der Waals surface area (Å²) < 4.78 is 0. The Morgan fingerprint density at radius 1 is 1.28 bits per heavy atom. The molecular formula is C12H14N4OS. The van der Waals surface area contributed by atoms with Crippen LogP contribution in [0.15, 0.2) is 35.2 Å². The number of thiazole rings is 1. The van der Waals surface area contributed by atoms with Crippen molar-refractivity contribution < 1.29 is 4.79 Å². The van der Waals surface area contributed by atoms with Crippen molar-refractivity contribution in [3.8, 4) is 0 Å². The van der Waals surface area contributed by atoms with Crippen LogP contribution in [0.3, 0.4) is 0 Å². The molecule has 2 rings (SSSR count). The van der Waals surface area contributed by atoms with Crippen LogP contribution < -0.4 is 16.0 Å². The van der Waals surface area contributed by atoms with Crippen molar-refractivity contribution in [2.24, 2.45) is 0 Å². The van der Waals surface area contributed by atoms with Crippen LogP contribution in [0.25, 0.3) is 0 Å². The molecule has 0 unspecified atom stereocenters. The number of aromatic nitrogens is 1. The molecule has 18 heavy (non-hydrogen) atoms. The smallest absolute Gasteiger partial charge is 0.318 e. The van der Waals surface area contributed by atoms with Crippen molar-refractivity contribution in [2.75, 3.05) is 17.7 Å². The van der Waals surface area contributed by atoms with Crippen LogP contribution in [-0.4, -0.2) is 18.1 Å². The Bertz CT molecular complexity index is 495. The number of carbonyl (C=O) groups is 1. The Kier molecular flexibility index (Phi) is 4.14. The molecule has 0 saturated heterocycles. The number of carbonyl (C=O) groups excluding carboxylic acids is 1. The van der Waals surface area contributed by atoms with Gasteiger partial charge in [-0.05, 0) is 24.3 Å². The summed E-state index contributed by atoms with van der Waals surface area (Å²) in [6, 6.07) is 7.30. The molecule has 2 amide bonds. The number of urea groups is 1. The minimum Gasteiger partial charge on any atom is -0.379 e. The maximum atomic E-state index is 11.1. The maximum absolute atomic E-state index is 11.1. The summed E-state index contributed by atoms with van der Waals surface area (Å²) in [7, 11) is 1.58. The zero-order valence-corrected chi connectivity index (χ0v) is 10.8. The van der Waals surface area contributed by atoms with Gasteiger partial charge in [-0.2, -0.15) is 0 Å². The van der Waals surface area contributed by atoms with Crippen molar-refractivity contribution in [1.29, 1.82) is 0 Å². The molecule has 1 heterocycles. The highest BCUT2D eigenvalue weighted by Gasteiger charge is 1.99.